The van der Waals surface area contributed by atoms with E-state index in [4.69, 9.17) is 0 Å². The molecule has 0 spiro atoms. The number of aliphatic hydroxyl groups excluding tert-OH is 1. The Hall–Kier alpha value is -1.10. The van der Waals surface area contributed by atoms with E-state index in [0.29, 0.717) is 6.42 Å². The Morgan fingerprint density at radius 1 is 1.44 bits per heavy atom. The third-order valence-electron chi connectivity index (χ3n) is 3.00. The van der Waals surface area contributed by atoms with Crippen LogP contribution >= 0.6 is 0 Å². The average molecular weight is 574 g/mol. The van der Waals surface area contributed by atoms with Crippen molar-refractivity contribution < 1.29 is 67.1 Å². The zero-order chi connectivity index (χ0) is 18.3. The fourth-order valence-electron chi connectivity index (χ4n) is 1.62. The van der Waals surface area contributed by atoms with E-state index in [1.54, 1.807) is 6.92 Å². The number of nitrogens with zero attached hydrogens (tertiary/aromatic N) is 1. The molecule has 25 heavy (non-hydrogen) atoms. The summed E-state index contributed by atoms with van der Waals surface area (Å²) in [5.74, 6) is 2.36. The number of alkyl halides is 3. The molecule has 1 aromatic heterocycles. The second kappa shape index (κ2) is 10.8. The molecule has 0 aromatic carbocycles. The first-order valence-electron chi connectivity index (χ1n) is 7.00. The first-order valence-corrected chi connectivity index (χ1v) is 7.00. The van der Waals surface area contributed by atoms with Crippen molar-refractivity contribution in [2.24, 2.45) is 0 Å². The summed E-state index contributed by atoms with van der Waals surface area (Å²) in [6.45, 7) is 1.31. The van der Waals surface area contributed by atoms with Gasteiger partial charge >= 0.3 is 17.8 Å². The Kier molecular flexibility index (Phi) is 10.3. The molecule has 7 nitrogen and oxygen atoms in total. The molecule has 0 fully saturated rings. The van der Waals surface area contributed by atoms with Crippen LogP contribution in [0.1, 0.15) is 25.3 Å². The number of nitrogens with one attached hydrogen (secondary N) is 2. The Bertz CT molecular complexity index is 762. The molecule has 11 heteroatoms. The molecule has 135 valence electrons. The van der Waals surface area contributed by atoms with Gasteiger partial charge in [0.1, 0.15) is 5.56 Å². The summed E-state index contributed by atoms with van der Waals surface area (Å²) >= 11 is 0. The Labute approximate surface area is 176 Å². The minimum absolute atomic E-state index is 0. The molecule has 0 saturated heterocycles. The number of carbonyl (C=O) groups is 1. The number of carbonyl (C=O) groups excluding carboxylic acids is 1. The van der Waals surface area contributed by atoms with E-state index in [0.717, 1.165) is 10.8 Å². The smallest absolute Gasteiger partial charge is 0.393 e. The number of aromatic nitrogens is 2. The summed E-state index contributed by atoms with van der Waals surface area (Å²) in [5.41, 5.74) is -1.61. The summed E-state index contributed by atoms with van der Waals surface area (Å²) < 4.78 is 37.0. The Morgan fingerprint density at radius 2 is 2.08 bits per heavy atom. The van der Waals surface area contributed by atoms with Crippen LogP contribution < -0.4 is 16.6 Å². The quantitative estimate of drug-likeness (QED) is 0.422. The topological polar surface area (TPSA) is 104 Å². The van der Waals surface area contributed by atoms with Crippen molar-refractivity contribution in [3.63, 3.8) is 0 Å². The van der Waals surface area contributed by atoms with Crippen molar-refractivity contribution in [3.05, 3.63) is 32.6 Å². The van der Waals surface area contributed by atoms with Gasteiger partial charge in [-0.15, -0.1) is 0 Å². The summed E-state index contributed by atoms with van der Waals surface area (Å²) in [4.78, 5) is 35.8. The molecule has 1 atom stereocenters. The van der Waals surface area contributed by atoms with Gasteiger partial charge in [-0.3, -0.25) is 19.1 Å². The fraction of sp³-hybridized carbons (Fsp3) is 0.500. The largest absolute Gasteiger partial charge is 0.471 e. The van der Waals surface area contributed by atoms with Crippen LogP contribution in [0.25, 0.3) is 0 Å². The van der Waals surface area contributed by atoms with Crippen molar-refractivity contribution in [2.45, 2.75) is 38.6 Å². The van der Waals surface area contributed by atoms with E-state index >= 15 is 0 Å². The maximum atomic E-state index is 12.0. The number of rotatable bonds is 5. The van der Waals surface area contributed by atoms with E-state index in [-0.39, 0.29) is 62.6 Å². The van der Waals surface area contributed by atoms with Gasteiger partial charge < -0.3 is 10.4 Å². The number of aromatic amines is 1. The first kappa shape index (κ1) is 23.9. The van der Waals surface area contributed by atoms with E-state index in [9.17, 15) is 32.7 Å². The van der Waals surface area contributed by atoms with E-state index in [1.165, 1.54) is 5.32 Å². The normalized spacial score (nSPS) is 11.7. The predicted octanol–water partition coefficient (Wildman–Crippen LogP) is -0.272. The van der Waals surface area contributed by atoms with Crippen LogP contribution in [0.4, 0.5) is 13.2 Å². The molecule has 1 heterocycles. The van der Waals surface area contributed by atoms with Crippen LogP contribution in [-0.4, -0.2) is 39.4 Å². The Morgan fingerprint density at radius 3 is 2.64 bits per heavy atom. The summed E-state index contributed by atoms with van der Waals surface area (Å²) in [7, 11) is 0. The van der Waals surface area contributed by atoms with Gasteiger partial charge in [-0.05, 0) is 12.8 Å². The Balaban J connectivity index is 0.00000576. The van der Waals surface area contributed by atoms with Crippen molar-refractivity contribution in [1.82, 2.24) is 14.9 Å². The summed E-state index contributed by atoms with van der Waals surface area (Å²) in [6.07, 6.45) is -3.66. The van der Waals surface area contributed by atoms with Crippen molar-refractivity contribution in [1.29, 1.82) is 0 Å². The van der Waals surface area contributed by atoms with Gasteiger partial charge in [0.2, 0.25) is 0 Å². The second-order valence-electron chi connectivity index (χ2n) is 4.83. The molecule has 1 aromatic rings. The third kappa shape index (κ3) is 8.21. The van der Waals surface area contributed by atoms with Crippen LogP contribution in [0.2, 0.25) is 0 Å². The van der Waals surface area contributed by atoms with Gasteiger partial charge in [-0.2, -0.15) is 13.2 Å². The standard InChI is InChI=1S/C14H16F3N3O4.Ac/c1-2-10(21)5-7-20-8-9(11(22)19-13(20)24)4-3-6-18-12(23)14(15,16)17;/h8,10,21H,2,5-7H2,1H3,(H,18,23)(H,19,22,24);. The molecule has 3 N–H and O–H groups in total. The number of hydrogen-bond acceptors (Lipinski definition) is 4. The molecule has 1 unspecified atom stereocenters. The predicted molar refractivity (Wildman–Crippen MR) is 78.2 cm³/mol. The summed E-state index contributed by atoms with van der Waals surface area (Å²) in [5, 5.41) is 11.0. The van der Waals surface area contributed by atoms with E-state index in [1.807, 2.05) is 4.98 Å². The molecule has 0 bridgehead atoms. The minimum Gasteiger partial charge on any atom is -0.393 e. The average Bonchev–Trinajstić information content (AvgIpc) is 2.50. The molecular formula is C14H16AcF3N3O4. The third-order valence-corrected chi connectivity index (χ3v) is 3.00. The molecular weight excluding hydrogens is 558 g/mol. The van der Waals surface area contributed by atoms with Crippen molar-refractivity contribution >= 4 is 5.91 Å². The van der Waals surface area contributed by atoms with Crippen LogP contribution in [0.5, 0.6) is 0 Å². The van der Waals surface area contributed by atoms with Gasteiger partial charge in [0, 0.05) is 56.8 Å². The zero-order valence-electron chi connectivity index (χ0n) is 13.3. The maximum absolute atomic E-state index is 12.0. The molecule has 1 amide bonds. The van der Waals surface area contributed by atoms with Gasteiger partial charge in [-0.25, -0.2) is 4.79 Å². The SMILES string of the molecule is CCC(O)CCn1cc(C#CCNC(=O)C(F)(F)F)c(=O)[nH]c1=O.[Ac]. The number of amides is 1. The monoisotopic (exact) mass is 574 g/mol. The zero-order valence-corrected chi connectivity index (χ0v) is 18.1. The van der Waals surface area contributed by atoms with Crippen LogP contribution in [0.15, 0.2) is 15.8 Å². The van der Waals surface area contributed by atoms with Gasteiger partial charge in [0.15, 0.2) is 0 Å². The second-order valence-corrected chi connectivity index (χ2v) is 4.83. The van der Waals surface area contributed by atoms with Crippen LogP contribution in [0.3, 0.4) is 0 Å². The number of aryl methyl sites for hydroxylation is 1. The van der Waals surface area contributed by atoms with Crippen molar-refractivity contribution in [3.8, 4) is 11.8 Å². The fourth-order valence-corrected chi connectivity index (χ4v) is 1.62. The maximum Gasteiger partial charge on any atom is 0.471 e. The van der Waals surface area contributed by atoms with Crippen molar-refractivity contribution in [2.75, 3.05) is 6.54 Å². The number of H-pyrrole nitrogens is 1. The van der Waals surface area contributed by atoms with E-state index < -0.39 is 36.0 Å². The van der Waals surface area contributed by atoms with Gasteiger partial charge in [-0.1, -0.05) is 18.8 Å². The molecule has 1 rings (SSSR count). The molecule has 0 aliphatic rings. The van der Waals surface area contributed by atoms with E-state index in [2.05, 4.69) is 11.8 Å². The number of aliphatic hydroxyl groups is 1. The van der Waals surface area contributed by atoms with Gasteiger partial charge in [0.05, 0.1) is 12.6 Å². The summed E-state index contributed by atoms with van der Waals surface area (Å²) in [6, 6.07) is 0. The van der Waals surface area contributed by atoms with Crippen LogP contribution in [-0.2, 0) is 11.3 Å². The molecule has 1 radical (unpaired) electrons. The minimum atomic E-state index is -5.01. The molecule has 0 aliphatic carbocycles. The number of hydrogen-bond donors (Lipinski definition) is 3. The number of halogens is 3. The molecule has 0 aliphatic heterocycles. The van der Waals surface area contributed by atoms with Crippen LogP contribution in [0, 0.1) is 55.9 Å². The van der Waals surface area contributed by atoms with Gasteiger partial charge in [0.25, 0.3) is 5.56 Å². The first-order chi connectivity index (χ1) is 11.1. The molecule has 0 saturated carbocycles.